The lowest BCUT2D eigenvalue weighted by molar-refractivity contribution is 0.0686. The van der Waals surface area contributed by atoms with Crippen LogP contribution in [0.4, 0.5) is 17.1 Å². The number of nitrogens with one attached hydrogen (secondary N) is 2. The molecule has 2 aliphatic heterocycles. The Morgan fingerprint density at radius 1 is 0.844 bits per heavy atom. The molecule has 0 spiro atoms. The van der Waals surface area contributed by atoms with Gasteiger partial charge in [0.2, 0.25) is 0 Å². The van der Waals surface area contributed by atoms with Crippen LogP contribution in [-0.4, -0.2) is 29.8 Å². The van der Waals surface area contributed by atoms with E-state index in [0.717, 1.165) is 43.7 Å². The highest BCUT2D eigenvalue weighted by molar-refractivity contribution is 6.12. The zero-order valence-corrected chi connectivity index (χ0v) is 18.0. The van der Waals surface area contributed by atoms with Gasteiger partial charge in [-0.05, 0) is 67.5 Å². The van der Waals surface area contributed by atoms with E-state index in [2.05, 4.69) is 41.0 Å². The minimum atomic E-state index is -0.171. The zero-order valence-electron chi connectivity index (χ0n) is 18.0. The lowest BCUT2D eigenvalue weighted by Crippen LogP contribution is -2.38. The molecule has 0 atom stereocenters. The lowest BCUT2D eigenvalue weighted by atomic mass is 9.90. The Balaban J connectivity index is 1.22. The smallest absolute Gasteiger partial charge is 0.257 e. The average molecular weight is 426 g/mol. The number of nitrogens with zero attached hydrogens (tertiary/aromatic N) is 1. The van der Waals surface area contributed by atoms with Crippen molar-refractivity contribution < 1.29 is 9.59 Å². The van der Waals surface area contributed by atoms with Crippen LogP contribution in [0.25, 0.3) is 0 Å². The fourth-order valence-corrected chi connectivity index (χ4v) is 4.64. The third-order valence-electron chi connectivity index (χ3n) is 6.54. The Bertz CT molecular complexity index is 1130. The fourth-order valence-electron chi connectivity index (χ4n) is 4.64. The molecule has 32 heavy (non-hydrogen) atoms. The van der Waals surface area contributed by atoms with Gasteiger partial charge in [0.1, 0.15) is 0 Å². The summed E-state index contributed by atoms with van der Waals surface area (Å²) < 4.78 is 0. The van der Waals surface area contributed by atoms with Crippen molar-refractivity contribution in [3.05, 3.63) is 89.5 Å². The highest BCUT2D eigenvalue weighted by atomic mass is 16.2. The van der Waals surface area contributed by atoms with Gasteiger partial charge in [0.05, 0.1) is 22.6 Å². The van der Waals surface area contributed by atoms with E-state index in [1.165, 1.54) is 12.0 Å². The molecular formula is C27H27N3O2. The topological polar surface area (TPSA) is 61.4 Å². The minimum Gasteiger partial charge on any atom is -0.353 e. The molecule has 2 N–H and O–H groups in total. The standard InChI is InChI=1S/C27H27N3O2/c31-26-22-8-4-5-9-23(22)28-24-13-12-21(18-25(24)29-26)27(32)30-16-14-20(15-17-30)11-10-19-6-2-1-3-7-19/h1-9,12-13,18,20,28H,10-11,14-17H2,(H,29,31). The Morgan fingerprint density at radius 3 is 2.41 bits per heavy atom. The second-order valence-corrected chi connectivity index (χ2v) is 8.64. The molecule has 2 heterocycles. The van der Waals surface area contributed by atoms with Crippen LogP contribution >= 0.6 is 0 Å². The average Bonchev–Trinajstić information content (AvgIpc) is 2.98. The zero-order chi connectivity index (χ0) is 21.9. The number of likely N-dealkylation sites (tertiary alicyclic amines) is 1. The number of anilines is 3. The molecule has 5 nitrogen and oxygen atoms in total. The number of carbonyl (C=O) groups excluding carboxylic acids is 2. The molecule has 0 aliphatic carbocycles. The van der Waals surface area contributed by atoms with Crippen molar-refractivity contribution in [3.8, 4) is 0 Å². The van der Waals surface area contributed by atoms with Gasteiger partial charge in [-0.1, -0.05) is 42.5 Å². The van der Waals surface area contributed by atoms with Gasteiger partial charge in [0, 0.05) is 18.7 Å². The van der Waals surface area contributed by atoms with Gasteiger partial charge in [-0.15, -0.1) is 0 Å². The first-order valence-electron chi connectivity index (χ1n) is 11.3. The number of carbonyl (C=O) groups is 2. The van der Waals surface area contributed by atoms with Crippen molar-refractivity contribution in [2.24, 2.45) is 5.92 Å². The first-order chi connectivity index (χ1) is 15.7. The summed E-state index contributed by atoms with van der Waals surface area (Å²) in [4.78, 5) is 27.7. The molecule has 0 bridgehead atoms. The molecule has 0 radical (unpaired) electrons. The highest BCUT2D eigenvalue weighted by Gasteiger charge is 2.25. The summed E-state index contributed by atoms with van der Waals surface area (Å²) in [6.45, 7) is 1.57. The van der Waals surface area contributed by atoms with E-state index in [1.54, 1.807) is 12.1 Å². The number of hydrogen-bond acceptors (Lipinski definition) is 3. The molecule has 3 aromatic carbocycles. The molecule has 1 fully saturated rings. The molecule has 0 saturated carbocycles. The van der Waals surface area contributed by atoms with E-state index in [-0.39, 0.29) is 11.8 Å². The second kappa shape index (κ2) is 8.87. The quantitative estimate of drug-likeness (QED) is 0.582. The maximum Gasteiger partial charge on any atom is 0.257 e. The van der Waals surface area contributed by atoms with E-state index in [0.29, 0.717) is 22.7 Å². The fraction of sp³-hybridized carbons (Fsp3) is 0.259. The molecule has 0 unspecified atom stereocenters. The minimum absolute atomic E-state index is 0.0327. The molecule has 5 rings (SSSR count). The van der Waals surface area contributed by atoms with Crippen LogP contribution in [0.5, 0.6) is 0 Å². The third kappa shape index (κ3) is 4.24. The van der Waals surface area contributed by atoms with Gasteiger partial charge >= 0.3 is 0 Å². The van der Waals surface area contributed by atoms with Crippen LogP contribution in [0.15, 0.2) is 72.8 Å². The normalized spacial score (nSPS) is 15.8. The molecule has 5 heteroatoms. The summed E-state index contributed by atoms with van der Waals surface area (Å²) in [7, 11) is 0. The Hall–Kier alpha value is -3.60. The number of aryl methyl sites for hydroxylation is 1. The van der Waals surface area contributed by atoms with Crippen molar-refractivity contribution in [2.75, 3.05) is 23.7 Å². The monoisotopic (exact) mass is 425 g/mol. The number of piperidine rings is 1. The summed E-state index contributed by atoms with van der Waals surface area (Å²) in [6, 6.07) is 23.5. The third-order valence-corrected chi connectivity index (χ3v) is 6.54. The number of amides is 2. The van der Waals surface area contributed by atoms with E-state index >= 15 is 0 Å². The van der Waals surface area contributed by atoms with E-state index in [4.69, 9.17) is 0 Å². The van der Waals surface area contributed by atoms with Crippen LogP contribution in [0.2, 0.25) is 0 Å². The summed E-state index contributed by atoms with van der Waals surface area (Å²) in [5, 5.41) is 6.25. The van der Waals surface area contributed by atoms with Gasteiger partial charge in [-0.2, -0.15) is 0 Å². The summed E-state index contributed by atoms with van der Waals surface area (Å²) >= 11 is 0. The van der Waals surface area contributed by atoms with Crippen LogP contribution in [0.3, 0.4) is 0 Å². The molecule has 3 aromatic rings. The summed E-state index contributed by atoms with van der Waals surface area (Å²) in [6.07, 6.45) is 4.34. The maximum atomic E-state index is 13.2. The predicted octanol–water partition coefficient (Wildman–Crippen LogP) is 5.48. The molecule has 2 amide bonds. The van der Waals surface area contributed by atoms with Crippen molar-refractivity contribution in [1.29, 1.82) is 0 Å². The Kier molecular flexibility index (Phi) is 5.63. The van der Waals surface area contributed by atoms with Gasteiger partial charge in [0.15, 0.2) is 0 Å². The van der Waals surface area contributed by atoms with Gasteiger partial charge in [0.25, 0.3) is 11.8 Å². The van der Waals surface area contributed by atoms with Crippen molar-refractivity contribution in [2.45, 2.75) is 25.7 Å². The number of hydrogen-bond donors (Lipinski definition) is 2. The van der Waals surface area contributed by atoms with Crippen molar-refractivity contribution in [1.82, 2.24) is 4.90 Å². The number of benzene rings is 3. The van der Waals surface area contributed by atoms with E-state index < -0.39 is 0 Å². The molecule has 2 aliphatic rings. The van der Waals surface area contributed by atoms with Crippen LogP contribution < -0.4 is 10.6 Å². The highest BCUT2D eigenvalue weighted by Crippen LogP contribution is 2.33. The maximum absolute atomic E-state index is 13.2. The largest absolute Gasteiger partial charge is 0.353 e. The molecule has 0 aromatic heterocycles. The Morgan fingerprint density at radius 2 is 1.59 bits per heavy atom. The predicted molar refractivity (Wildman–Crippen MR) is 128 cm³/mol. The summed E-state index contributed by atoms with van der Waals surface area (Å²) in [5.41, 5.74) is 4.78. The van der Waals surface area contributed by atoms with Gasteiger partial charge in [-0.3, -0.25) is 9.59 Å². The van der Waals surface area contributed by atoms with Crippen molar-refractivity contribution in [3.63, 3.8) is 0 Å². The van der Waals surface area contributed by atoms with Crippen LogP contribution in [0, 0.1) is 5.92 Å². The molecule has 1 saturated heterocycles. The second-order valence-electron chi connectivity index (χ2n) is 8.64. The van der Waals surface area contributed by atoms with Crippen LogP contribution in [0.1, 0.15) is 45.5 Å². The SMILES string of the molecule is O=C1Nc2cc(C(=O)N3CCC(CCc4ccccc4)CC3)ccc2Nc2ccccc21. The van der Waals surface area contributed by atoms with Crippen LogP contribution in [-0.2, 0) is 6.42 Å². The lowest BCUT2D eigenvalue weighted by Gasteiger charge is -2.32. The van der Waals surface area contributed by atoms with Gasteiger partial charge < -0.3 is 15.5 Å². The summed E-state index contributed by atoms with van der Waals surface area (Å²) in [5.74, 6) is 0.522. The Labute approximate surface area is 188 Å². The first kappa shape index (κ1) is 20.3. The first-order valence-corrected chi connectivity index (χ1v) is 11.3. The van der Waals surface area contributed by atoms with Gasteiger partial charge in [-0.25, -0.2) is 0 Å². The number of rotatable bonds is 4. The number of fused-ring (bicyclic) bond motifs is 2. The molecule has 162 valence electrons. The van der Waals surface area contributed by atoms with E-state index in [9.17, 15) is 9.59 Å². The van der Waals surface area contributed by atoms with Crippen molar-refractivity contribution >= 4 is 28.9 Å². The molecular weight excluding hydrogens is 398 g/mol. The number of para-hydroxylation sites is 1. The van der Waals surface area contributed by atoms with E-state index in [1.807, 2.05) is 35.2 Å².